The van der Waals surface area contributed by atoms with Crippen LogP contribution in [0.5, 0.6) is 5.75 Å². The van der Waals surface area contributed by atoms with Crippen LogP contribution in [-0.4, -0.2) is 16.3 Å². The first kappa shape index (κ1) is 9.27. The molecule has 0 radical (unpaired) electrons. The standard InChI is InChI=1S/C12H13N3O/c1-7-4-9-5-8(2-3-11(9)16-7)10-6-12(13)15-14-10/h2-3,5-7H,4H2,1H3,(H3,13,14,15). The van der Waals surface area contributed by atoms with Crippen molar-refractivity contribution in [2.45, 2.75) is 19.4 Å². The average Bonchev–Trinajstić information content (AvgIpc) is 2.81. The molecule has 16 heavy (non-hydrogen) atoms. The fraction of sp³-hybridized carbons (Fsp3) is 0.250. The van der Waals surface area contributed by atoms with Gasteiger partial charge in [0.15, 0.2) is 0 Å². The average molecular weight is 215 g/mol. The van der Waals surface area contributed by atoms with Crippen molar-refractivity contribution in [3.63, 3.8) is 0 Å². The summed E-state index contributed by atoms with van der Waals surface area (Å²) in [5, 5.41) is 6.83. The Labute approximate surface area is 93.4 Å². The number of fused-ring (bicyclic) bond motifs is 1. The molecule has 3 rings (SSSR count). The monoisotopic (exact) mass is 215 g/mol. The van der Waals surface area contributed by atoms with Crippen molar-refractivity contribution in [1.29, 1.82) is 0 Å². The van der Waals surface area contributed by atoms with Gasteiger partial charge in [0.2, 0.25) is 0 Å². The molecule has 82 valence electrons. The molecule has 0 saturated heterocycles. The van der Waals surface area contributed by atoms with Crippen molar-refractivity contribution in [2.75, 3.05) is 5.73 Å². The predicted octanol–water partition coefficient (Wildman–Crippen LogP) is 1.98. The first-order valence-electron chi connectivity index (χ1n) is 5.33. The summed E-state index contributed by atoms with van der Waals surface area (Å²) >= 11 is 0. The first-order chi connectivity index (χ1) is 7.72. The normalized spacial score (nSPS) is 18.2. The van der Waals surface area contributed by atoms with Gasteiger partial charge in [-0.15, -0.1) is 0 Å². The van der Waals surface area contributed by atoms with Crippen LogP contribution < -0.4 is 10.5 Å². The van der Waals surface area contributed by atoms with Crippen LogP contribution in [0.4, 0.5) is 5.82 Å². The van der Waals surface area contributed by atoms with E-state index in [4.69, 9.17) is 10.5 Å². The van der Waals surface area contributed by atoms with Crippen LogP contribution in [0, 0.1) is 0 Å². The zero-order valence-electron chi connectivity index (χ0n) is 9.03. The van der Waals surface area contributed by atoms with Crippen molar-refractivity contribution in [2.24, 2.45) is 0 Å². The summed E-state index contributed by atoms with van der Waals surface area (Å²) < 4.78 is 5.65. The maximum absolute atomic E-state index is 5.65. The summed E-state index contributed by atoms with van der Waals surface area (Å²) in [6.07, 6.45) is 1.24. The SMILES string of the molecule is CC1Cc2cc(-c3cc(N)n[nH]3)ccc2O1. The number of ether oxygens (including phenoxy) is 1. The lowest BCUT2D eigenvalue weighted by Gasteiger charge is -2.02. The largest absolute Gasteiger partial charge is 0.490 e. The molecule has 1 aromatic heterocycles. The molecule has 0 fully saturated rings. The van der Waals surface area contributed by atoms with E-state index in [0.29, 0.717) is 5.82 Å². The highest BCUT2D eigenvalue weighted by atomic mass is 16.5. The number of hydrogen-bond acceptors (Lipinski definition) is 3. The second kappa shape index (κ2) is 3.27. The number of nitrogens with zero attached hydrogens (tertiary/aromatic N) is 1. The van der Waals surface area contributed by atoms with E-state index < -0.39 is 0 Å². The lowest BCUT2D eigenvalue weighted by atomic mass is 10.1. The number of nitrogen functional groups attached to an aromatic ring is 1. The molecule has 1 aromatic carbocycles. The van der Waals surface area contributed by atoms with Crippen molar-refractivity contribution in [3.05, 3.63) is 29.8 Å². The van der Waals surface area contributed by atoms with Crippen LogP contribution in [0.3, 0.4) is 0 Å². The molecule has 1 atom stereocenters. The summed E-state index contributed by atoms with van der Waals surface area (Å²) in [5.74, 6) is 1.50. The van der Waals surface area contributed by atoms with E-state index in [2.05, 4.69) is 23.2 Å². The topological polar surface area (TPSA) is 63.9 Å². The van der Waals surface area contributed by atoms with E-state index in [9.17, 15) is 0 Å². The second-order valence-corrected chi connectivity index (χ2v) is 4.16. The summed E-state index contributed by atoms with van der Waals surface area (Å²) in [4.78, 5) is 0. The molecule has 4 heteroatoms. The third kappa shape index (κ3) is 1.43. The summed E-state index contributed by atoms with van der Waals surface area (Å²) in [7, 11) is 0. The molecule has 0 spiro atoms. The van der Waals surface area contributed by atoms with E-state index in [1.807, 2.05) is 18.2 Å². The second-order valence-electron chi connectivity index (χ2n) is 4.16. The molecule has 1 aliphatic rings. The molecule has 0 aliphatic carbocycles. The highest BCUT2D eigenvalue weighted by molar-refractivity contribution is 5.64. The number of hydrogen-bond donors (Lipinski definition) is 2. The molecule has 3 N–H and O–H groups in total. The van der Waals surface area contributed by atoms with Crippen LogP contribution in [0.1, 0.15) is 12.5 Å². The Morgan fingerprint density at radius 1 is 1.44 bits per heavy atom. The number of anilines is 1. The zero-order valence-corrected chi connectivity index (χ0v) is 9.03. The number of aromatic nitrogens is 2. The molecule has 2 heterocycles. The molecule has 4 nitrogen and oxygen atoms in total. The minimum Gasteiger partial charge on any atom is -0.490 e. The van der Waals surface area contributed by atoms with E-state index >= 15 is 0 Å². The highest BCUT2D eigenvalue weighted by Crippen LogP contribution is 2.32. The Balaban J connectivity index is 2.02. The summed E-state index contributed by atoms with van der Waals surface area (Å²) in [5.41, 5.74) is 8.87. The van der Waals surface area contributed by atoms with Crippen molar-refractivity contribution in [1.82, 2.24) is 10.2 Å². The van der Waals surface area contributed by atoms with Crippen molar-refractivity contribution < 1.29 is 4.74 Å². The van der Waals surface area contributed by atoms with Gasteiger partial charge < -0.3 is 10.5 Å². The van der Waals surface area contributed by atoms with Gasteiger partial charge in [0.05, 0.1) is 5.69 Å². The third-order valence-electron chi connectivity index (χ3n) is 2.80. The van der Waals surface area contributed by atoms with Gasteiger partial charge in [-0.25, -0.2) is 0 Å². The maximum atomic E-state index is 5.65. The van der Waals surface area contributed by atoms with Gasteiger partial charge in [-0.2, -0.15) is 5.10 Å². The summed E-state index contributed by atoms with van der Waals surface area (Å²) in [6.45, 7) is 2.08. The van der Waals surface area contributed by atoms with Crippen LogP contribution in [0.15, 0.2) is 24.3 Å². The number of H-pyrrole nitrogens is 1. The highest BCUT2D eigenvalue weighted by Gasteiger charge is 2.19. The number of rotatable bonds is 1. The van der Waals surface area contributed by atoms with Gasteiger partial charge in [-0.05, 0) is 30.7 Å². The van der Waals surface area contributed by atoms with E-state index in [1.54, 1.807) is 0 Å². The Bertz CT molecular complexity index is 533. The number of nitrogens with two attached hydrogens (primary N) is 1. The molecular weight excluding hydrogens is 202 g/mol. The van der Waals surface area contributed by atoms with Gasteiger partial charge in [0.1, 0.15) is 17.7 Å². The Hall–Kier alpha value is -1.97. The first-order valence-corrected chi connectivity index (χ1v) is 5.33. The Morgan fingerprint density at radius 3 is 3.06 bits per heavy atom. The van der Waals surface area contributed by atoms with Gasteiger partial charge >= 0.3 is 0 Å². The maximum Gasteiger partial charge on any atom is 0.145 e. The van der Waals surface area contributed by atoms with Gasteiger partial charge in [0.25, 0.3) is 0 Å². The van der Waals surface area contributed by atoms with E-state index in [1.165, 1.54) is 5.56 Å². The minimum absolute atomic E-state index is 0.275. The number of benzene rings is 1. The van der Waals surface area contributed by atoms with Crippen LogP contribution in [0.25, 0.3) is 11.3 Å². The van der Waals surface area contributed by atoms with Crippen LogP contribution in [0.2, 0.25) is 0 Å². The molecular formula is C12H13N3O. The molecule has 1 unspecified atom stereocenters. The quantitative estimate of drug-likeness (QED) is 0.764. The van der Waals surface area contributed by atoms with Crippen molar-refractivity contribution >= 4 is 5.82 Å². The molecule has 0 amide bonds. The van der Waals surface area contributed by atoms with E-state index in [0.717, 1.165) is 23.4 Å². The Morgan fingerprint density at radius 2 is 2.31 bits per heavy atom. The third-order valence-corrected chi connectivity index (χ3v) is 2.80. The van der Waals surface area contributed by atoms with Crippen molar-refractivity contribution in [3.8, 4) is 17.0 Å². The van der Waals surface area contributed by atoms with E-state index in [-0.39, 0.29) is 6.10 Å². The Kier molecular flexibility index (Phi) is 1.89. The molecule has 1 aliphatic heterocycles. The lowest BCUT2D eigenvalue weighted by Crippen LogP contribution is -2.05. The zero-order chi connectivity index (χ0) is 11.1. The van der Waals surface area contributed by atoms with Gasteiger partial charge in [-0.3, -0.25) is 5.10 Å². The molecule has 0 saturated carbocycles. The van der Waals surface area contributed by atoms with Crippen LogP contribution >= 0.6 is 0 Å². The van der Waals surface area contributed by atoms with Gasteiger partial charge in [-0.1, -0.05) is 0 Å². The van der Waals surface area contributed by atoms with Crippen LogP contribution in [-0.2, 0) is 6.42 Å². The smallest absolute Gasteiger partial charge is 0.145 e. The summed E-state index contributed by atoms with van der Waals surface area (Å²) in [6, 6.07) is 7.99. The number of aromatic amines is 1. The number of nitrogens with one attached hydrogen (secondary N) is 1. The fourth-order valence-corrected chi connectivity index (χ4v) is 2.07. The van der Waals surface area contributed by atoms with Gasteiger partial charge in [0, 0.05) is 18.1 Å². The predicted molar refractivity (Wildman–Crippen MR) is 62.2 cm³/mol. The molecule has 2 aromatic rings. The minimum atomic E-state index is 0.275. The molecule has 0 bridgehead atoms. The lowest BCUT2D eigenvalue weighted by molar-refractivity contribution is 0.254. The fourth-order valence-electron chi connectivity index (χ4n) is 2.07.